The molecule has 1 aliphatic heterocycles. The Hall–Kier alpha value is -2.14. The molecule has 5 nitrogen and oxygen atoms in total. The summed E-state index contributed by atoms with van der Waals surface area (Å²) in [5.41, 5.74) is 2.49. The SMILES string of the molecule is Cc1coc(-c2cccc(NC(=O)CC(C)C3CCNCC3)c2)n1. The third-order valence-corrected chi connectivity index (χ3v) is 4.71. The van der Waals surface area contributed by atoms with Gasteiger partial charge < -0.3 is 15.1 Å². The Balaban J connectivity index is 1.60. The van der Waals surface area contributed by atoms with E-state index in [1.165, 1.54) is 0 Å². The number of rotatable bonds is 5. The van der Waals surface area contributed by atoms with E-state index in [0.29, 0.717) is 24.1 Å². The van der Waals surface area contributed by atoms with Crippen LogP contribution in [0, 0.1) is 18.8 Å². The molecule has 0 bridgehead atoms. The summed E-state index contributed by atoms with van der Waals surface area (Å²) in [6.07, 6.45) is 4.51. The third kappa shape index (κ3) is 4.23. The van der Waals surface area contributed by atoms with Gasteiger partial charge in [-0.2, -0.15) is 0 Å². The summed E-state index contributed by atoms with van der Waals surface area (Å²) >= 11 is 0. The minimum absolute atomic E-state index is 0.0711. The molecule has 2 aromatic rings. The molecular formula is C19H25N3O2. The molecule has 128 valence electrons. The van der Waals surface area contributed by atoms with Crippen LogP contribution in [0.4, 0.5) is 5.69 Å². The smallest absolute Gasteiger partial charge is 0.226 e. The number of benzene rings is 1. The number of hydrogen-bond acceptors (Lipinski definition) is 4. The highest BCUT2D eigenvalue weighted by Crippen LogP contribution is 2.26. The molecule has 1 unspecified atom stereocenters. The maximum absolute atomic E-state index is 12.4. The maximum atomic E-state index is 12.4. The van der Waals surface area contributed by atoms with Gasteiger partial charge in [0.05, 0.1) is 5.69 Å². The predicted octanol–water partition coefficient (Wildman–Crippen LogP) is 3.61. The number of anilines is 1. The second-order valence-electron chi connectivity index (χ2n) is 6.69. The van der Waals surface area contributed by atoms with E-state index < -0.39 is 0 Å². The van der Waals surface area contributed by atoms with Crippen molar-refractivity contribution in [1.29, 1.82) is 0 Å². The molecule has 2 heterocycles. The first kappa shape index (κ1) is 16.7. The molecule has 1 amide bonds. The highest BCUT2D eigenvalue weighted by atomic mass is 16.3. The summed E-state index contributed by atoms with van der Waals surface area (Å²) in [5.74, 6) is 1.69. The van der Waals surface area contributed by atoms with E-state index >= 15 is 0 Å². The molecule has 1 aliphatic rings. The van der Waals surface area contributed by atoms with Crippen molar-refractivity contribution >= 4 is 11.6 Å². The van der Waals surface area contributed by atoms with E-state index in [4.69, 9.17) is 4.42 Å². The van der Waals surface area contributed by atoms with Gasteiger partial charge in [0.1, 0.15) is 6.26 Å². The van der Waals surface area contributed by atoms with Gasteiger partial charge in [0, 0.05) is 17.7 Å². The zero-order valence-corrected chi connectivity index (χ0v) is 14.3. The van der Waals surface area contributed by atoms with Crippen molar-refractivity contribution < 1.29 is 9.21 Å². The molecule has 1 aromatic heterocycles. The molecule has 0 spiro atoms. The number of amides is 1. The number of aromatic nitrogens is 1. The predicted molar refractivity (Wildman–Crippen MR) is 94.7 cm³/mol. The first-order chi connectivity index (χ1) is 11.6. The Kier molecular flexibility index (Phi) is 5.30. The standard InChI is InChI=1S/C19H25N3O2/c1-13(15-6-8-20-9-7-15)10-18(23)22-17-5-3-4-16(11-17)19-21-14(2)12-24-19/h3-5,11-13,15,20H,6-10H2,1-2H3,(H,22,23). The lowest BCUT2D eigenvalue weighted by molar-refractivity contribution is -0.117. The summed E-state index contributed by atoms with van der Waals surface area (Å²) in [4.78, 5) is 16.7. The summed E-state index contributed by atoms with van der Waals surface area (Å²) < 4.78 is 5.42. The Morgan fingerprint density at radius 1 is 1.42 bits per heavy atom. The molecule has 1 atom stereocenters. The highest BCUT2D eigenvalue weighted by Gasteiger charge is 2.22. The minimum atomic E-state index is 0.0711. The fourth-order valence-electron chi connectivity index (χ4n) is 3.30. The molecular weight excluding hydrogens is 302 g/mol. The van der Waals surface area contributed by atoms with Crippen LogP contribution in [0.15, 0.2) is 34.9 Å². The first-order valence-electron chi connectivity index (χ1n) is 8.65. The Morgan fingerprint density at radius 3 is 2.92 bits per heavy atom. The van der Waals surface area contributed by atoms with Crippen LogP contribution in [0.1, 0.15) is 31.9 Å². The Bertz CT molecular complexity index is 689. The van der Waals surface area contributed by atoms with Gasteiger partial charge in [0.15, 0.2) is 0 Å². The molecule has 1 saturated heterocycles. The lowest BCUT2D eigenvalue weighted by atomic mass is 9.84. The number of carbonyl (C=O) groups excluding carboxylic acids is 1. The van der Waals surface area contributed by atoms with Gasteiger partial charge in [-0.05, 0) is 62.9 Å². The van der Waals surface area contributed by atoms with Crippen LogP contribution in [0.3, 0.4) is 0 Å². The minimum Gasteiger partial charge on any atom is -0.444 e. The monoisotopic (exact) mass is 327 g/mol. The second-order valence-corrected chi connectivity index (χ2v) is 6.69. The quantitative estimate of drug-likeness (QED) is 0.880. The molecule has 5 heteroatoms. The van der Waals surface area contributed by atoms with Crippen molar-refractivity contribution in [2.24, 2.45) is 11.8 Å². The fraction of sp³-hybridized carbons (Fsp3) is 0.474. The van der Waals surface area contributed by atoms with E-state index in [9.17, 15) is 4.79 Å². The topological polar surface area (TPSA) is 67.2 Å². The fourth-order valence-corrected chi connectivity index (χ4v) is 3.30. The summed E-state index contributed by atoms with van der Waals surface area (Å²) in [6.45, 7) is 6.20. The van der Waals surface area contributed by atoms with Crippen molar-refractivity contribution in [3.63, 3.8) is 0 Å². The van der Waals surface area contributed by atoms with Crippen LogP contribution in [-0.4, -0.2) is 24.0 Å². The zero-order valence-electron chi connectivity index (χ0n) is 14.3. The van der Waals surface area contributed by atoms with E-state index in [0.717, 1.165) is 42.9 Å². The normalized spacial score (nSPS) is 16.8. The first-order valence-corrected chi connectivity index (χ1v) is 8.65. The molecule has 0 saturated carbocycles. The molecule has 0 aliphatic carbocycles. The van der Waals surface area contributed by atoms with Crippen LogP contribution in [0.2, 0.25) is 0 Å². The zero-order chi connectivity index (χ0) is 16.9. The van der Waals surface area contributed by atoms with Crippen molar-refractivity contribution in [2.45, 2.75) is 33.1 Å². The molecule has 0 radical (unpaired) electrons. The Morgan fingerprint density at radius 2 is 2.21 bits per heavy atom. The summed E-state index contributed by atoms with van der Waals surface area (Å²) in [5, 5.41) is 6.38. The number of carbonyl (C=O) groups is 1. The van der Waals surface area contributed by atoms with E-state index in [1.54, 1.807) is 6.26 Å². The van der Waals surface area contributed by atoms with Gasteiger partial charge in [0.2, 0.25) is 11.8 Å². The van der Waals surface area contributed by atoms with Crippen LogP contribution in [0.5, 0.6) is 0 Å². The molecule has 1 aromatic carbocycles. The molecule has 24 heavy (non-hydrogen) atoms. The summed E-state index contributed by atoms with van der Waals surface area (Å²) in [7, 11) is 0. The third-order valence-electron chi connectivity index (χ3n) is 4.71. The van der Waals surface area contributed by atoms with Crippen molar-refractivity contribution in [3.8, 4) is 11.5 Å². The second kappa shape index (κ2) is 7.62. The molecule has 1 fully saturated rings. The van der Waals surface area contributed by atoms with E-state index in [-0.39, 0.29) is 5.91 Å². The van der Waals surface area contributed by atoms with Gasteiger partial charge in [0.25, 0.3) is 0 Å². The van der Waals surface area contributed by atoms with Gasteiger partial charge in [-0.3, -0.25) is 4.79 Å². The number of hydrogen-bond donors (Lipinski definition) is 2. The van der Waals surface area contributed by atoms with E-state index in [2.05, 4.69) is 22.5 Å². The van der Waals surface area contributed by atoms with Crippen LogP contribution in [-0.2, 0) is 4.79 Å². The van der Waals surface area contributed by atoms with E-state index in [1.807, 2.05) is 31.2 Å². The van der Waals surface area contributed by atoms with Gasteiger partial charge in [-0.15, -0.1) is 0 Å². The van der Waals surface area contributed by atoms with Crippen LogP contribution >= 0.6 is 0 Å². The highest BCUT2D eigenvalue weighted by molar-refractivity contribution is 5.91. The number of piperidine rings is 1. The van der Waals surface area contributed by atoms with Gasteiger partial charge in [-0.25, -0.2) is 4.98 Å². The van der Waals surface area contributed by atoms with Crippen molar-refractivity contribution in [2.75, 3.05) is 18.4 Å². The van der Waals surface area contributed by atoms with Gasteiger partial charge in [-0.1, -0.05) is 13.0 Å². The number of oxazole rings is 1. The lowest BCUT2D eigenvalue weighted by Crippen LogP contribution is -2.32. The summed E-state index contributed by atoms with van der Waals surface area (Å²) in [6, 6.07) is 7.63. The lowest BCUT2D eigenvalue weighted by Gasteiger charge is -2.27. The Labute approximate surface area is 142 Å². The molecule has 2 N–H and O–H groups in total. The largest absolute Gasteiger partial charge is 0.444 e. The number of nitrogens with one attached hydrogen (secondary N) is 2. The number of aryl methyl sites for hydroxylation is 1. The average molecular weight is 327 g/mol. The van der Waals surface area contributed by atoms with Crippen LogP contribution in [0.25, 0.3) is 11.5 Å². The van der Waals surface area contributed by atoms with Gasteiger partial charge >= 0.3 is 0 Å². The van der Waals surface area contributed by atoms with Crippen molar-refractivity contribution in [3.05, 3.63) is 36.2 Å². The van der Waals surface area contributed by atoms with Crippen molar-refractivity contribution in [1.82, 2.24) is 10.3 Å². The number of nitrogens with zero attached hydrogens (tertiary/aromatic N) is 1. The maximum Gasteiger partial charge on any atom is 0.226 e. The molecule has 3 rings (SSSR count). The average Bonchev–Trinajstić information content (AvgIpc) is 3.02. The van der Waals surface area contributed by atoms with Crippen LogP contribution < -0.4 is 10.6 Å².